The Morgan fingerprint density at radius 3 is 1.86 bits per heavy atom. The summed E-state index contributed by atoms with van der Waals surface area (Å²) in [5.41, 5.74) is 0. The van der Waals surface area contributed by atoms with Gasteiger partial charge in [-0.2, -0.15) is 0 Å². The van der Waals surface area contributed by atoms with Crippen LogP contribution < -0.4 is 0 Å². The van der Waals surface area contributed by atoms with Crippen LogP contribution in [0.15, 0.2) is 12.2 Å². The molecule has 7 nitrogen and oxygen atoms in total. The quantitative estimate of drug-likeness (QED) is 0.0577. The fourth-order valence-electron chi connectivity index (χ4n) is 3.50. The van der Waals surface area contributed by atoms with E-state index in [0.29, 0.717) is 24.2 Å². The summed E-state index contributed by atoms with van der Waals surface area (Å²) in [5, 5.41) is 0. The van der Waals surface area contributed by atoms with Crippen LogP contribution in [0, 0.1) is 0 Å². The number of likely N-dealkylation sites (N-methyl/N-ethyl adjacent to an activating group) is 1. The molecule has 35 heavy (non-hydrogen) atoms. The summed E-state index contributed by atoms with van der Waals surface area (Å²) in [6, 6.07) is 0. The summed E-state index contributed by atoms with van der Waals surface area (Å²) < 4.78 is 33.6. The molecule has 0 aliphatic carbocycles. The Balaban J connectivity index is 3.55. The third-order valence-electron chi connectivity index (χ3n) is 5.88. The molecule has 2 atom stereocenters. The summed E-state index contributed by atoms with van der Waals surface area (Å²) in [5.74, 6) is 0. The molecule has 0 rings (SSSR count). The maximum absolute atomic E-state index is 12.0. The molecule has 0 radical (unpaired) electrons. The number of hydrogen-bond acceptors (Lipinski definition) is 5. The van der Waals surface area contributed by atoms with Gasteiger partial charge in [0.05, 0.1) is 34.4 Å². The fourth-order valence-corrected chi connectivity index (χ4v) is 4.24. The zero-order valence-electron chi connectivity index (χ0n) is 23.5. The van der Waals surface area contributed by atoms with Gasteiger partial charge in [0.2, 0.25) is 0 Å². The predicted molar refractivity (Wildman–Crippen MR) is 146 cm³/mol. The van der Waals surface area contributed by atoms with E-state index in [4.69, 9.17) is 18.5 Å². The second-order valence-corrected chi connectivity index (χ2v) is 11.9. The van der Waals surface area contributed by atoms with Crippen LogP contribution in [0.3, 0.4) is 0 Å². The van der Waals surface area contributed by atoms with Crippen LogP contribution in [0.5, 0.6) is 0 Å². The largest absolute Gasteiger partial charge is 0.472 e. The molecular weight excluding hydrogens is 465 g/mol. The molecule has 0 aromatic carbocycles. The third kappa shape index (κ3) is 26.6. The van der Waals surface area contributed by atoms with E-state index in [1.54, 1.807) is 7.11 Å². The monoisotopic (exact) mass is 522 g/mol. The number of quaternary nitrogens is 1. The number of hydrogen-bond donors (Lipinski definition) is 1. The molecular formula is C27H57NO6P+. The van der Waals surface area contributed by atoms with Crippen LogP contribution >= 0.6 is 7.82 Å². The number of ether oxygens (including phenoxy) is 2. The summed E-state index contributed by atoms with van der Waals surface area (Å²) in [4.78, 5) is 9.79. The fraction of sp³-hybridized carbons (Fsp3) is 0.926. The van der Waals surface area contributed by atoms with Crippen LogP contribution in [0.25, 0.3) is 0 Å². The highest BCUT2D eigenvalue weighted by atomic mass is 31.2. The Bertz CT molecular complexity index is 538. The number of nitrogens with zero attached hydrogens (tertiary/aromatic N) is 1. The van der Waals surface area contributed by atoms with Crippen molar-refractivity contribution >= 4 is 7.82 Å². The Morgan fingerprint density at radius 1 is 0.771 bits per heavy atom. The van der Waals surface area contributed by atoms with Gasteiger partial charge in [-0.25, -0.2) is 4.57 Å². The maximum atomic E-state index is 12.0. The first-order valence-corrected chi connectivity index (χ1v) is 15.4. The highest BCUT2D eigenvalue weighted by Crippen LogP contribution is 2.43. The Labute approximate surface area is 216 Å². The number of methoxy groups -OCH3 is 1. The number of allylic oxidation sites excluding steroid dienone is 2. The van der Waals surface area contributed by atoms with Gasteiger partial charge in [-0.3, -0.25) is 9.05 Å². The first kappa shape index (κ1) is 34.7. The molecule has 210 valence electrons. The van der Waals surface area contributed by atoms with Gasteiger partial charge in [0.1, 0.15) is 19.3 Å². The van der Waals surface area contributed by atoms with Crippen LogP contribution in [0.4, 0.5) is 0 Å². The van der Waals surface area contributed by atoms with Crippen molar-refractivity contribution in [1.82, 2.24) is 0 Å². The highest BCUT2D eigenvalue weighted by Gasteiger charge is 2.24. The van der Waals surface area contributed by atoms with Gasteiger partial charge >= 0.3 is 7.82 Å². The van der Waals surface area contributed by atoms with Crippen LogP contribution in [-0.2, 0) is 23.1 Å². The summed E-state index contributed by atoms with van der Waals surface area (Å²) in [6.07, 6.45) is 22.3. The predicted octanol–water partition coefficient (Wildman–Crippen LogP) is 6.90. The maximum Gasteiger partial charge on any atom is 0.472 e. The van der Waals surface area contributed by atoms with Gasteiger partial charge in [0.25, 0.3) is 0 Å². The second kappa shape index (κ2) is 22.9. The van der Waals surface area contributed by atoms with E-state index in [0.717, 1.165) is 12.8 Å². The van der Waals surface area contributed by atoms with Gasteiger partial charge in [-0.05, 0) is 32.1 Å². The van der Waals surface area contributed by atoms with Crippen molar-refractivity contribution in [3.63, 3.8) is 0 Å². The van der Waals surface area contributed by atoms with Crippen molar-refractivity contribution in [1.29, 1.82) is 0 Å². The molecule has 0 spiro atoms. The number of phosphoric ester groups is 1. The first-order valence-electron chi connectivity index (χ1n) is 13.9. The average Bonchev–Trinajstić information content (AvgIpc) is 2.79. The normalized spacial score (nSPS) is 15.0. The SMILES string of the molecule is CCCCCCCC/C=C\CCCCCCCCOC[C@H](COP(=O)(O)OCC[N+](C)(C)C)OC. The molecule has 0 heterocycles. The molecule has 1 unspecified atom stereocenters. The van der Waals surface area contributed by atoms with Crippen molar-refractivity contribution in [2.24, 2.45) is 0 Å². The standard InChI is InChI=1S/C27H56NO6P/c1-6-7-8-9-10-11-12-13-14-15-16-17-18-19-20-21-23-32-25-27(31-5)26-34-35(29,30)33-24-22-28(2,3)4/h13-14,27H,6-12,15-26H2,1-5H3/p+1/b14-13-/t27-/m1/s1. The van der Waals surface area contributed by atoms with Crippen molar-refractivity contribution in [3.05, 3.63) is 12.2 Å². The van der Waals surface area contributed by atoms with E-state index in [1.807, 2.05) is 21.1 Å². The molecule has 0 aliphatic heterocycles. The third-order valence-corrected chi connectivity index (χ3v) is 6.86. The molecule has 0 aromatic rings. The lowest BCUT2D eigenvalue weighted by Gasteiger charge is -2.24. The Kier molecular flexibility index (Phi) is 22.7. The van der Waals surface area contributed by atoms with Crippen LogP contribution in [0.2, 0.25) is 0 Å². The zero-order chi connectivity index (χ0) is 26.3. The lowest BCUT2D eigenvalue weighted by atomic mass is 10.1. The van der Waals surface area contributed by atoms with Crippen LogP contribution in [-0.4, -0.2) is 76.7 Å². The van der Waals surface area contributed by atoms with E-state index < -0.39 is 13.9 Å². The number of phosphoric acid groups is 1. The summed E-state index contributed by atoms with van der Waals surface area (Å²) >= 11 is 0. The molecule has 8 heteroatoms. The highest BCUT2D eigenvalue weighted by molar-refractivity contribution is 7.47. The topological polar surface area (TPSA) is 74.2 Å². The minimum atomic E-state index is -4.07. The van der Waals surface area contributed by atoms with Gasteiger partial charge in [0, 0.05) is 13.7 Å². The molecule has 0 aromatic heterocycles. The van der Waals surface area contributed by atoms with Crippen molar-refractivity contribution in [2.45, 2.75) is 103 Å². The molecule has 0 saturated carbocycles. The van der Waals surface area contributed by atoms with E-state index in [9.17, 15) is 9.46 Å². The molecule has 1 N–H and O–H groups in total. The van der Waals surface area contributed by atoms with E-state index in [-0.39, 0.29) is 13.2 Å². The minimum absolute atomic E-state index is 0.0396. The molecule has 0 amide bonds. The second-order valence-electron chi connectivity index (χ2n) is 10.5. The Hall–Kier alpha value is -0.270. The van der Waals surface area contributed by atoms with Gasteiger partial charge < -0.3 is 18.9 Å². The number of rotatable bonds is 26. The van der Waals surface area contributed by atoms with E-state index in [2.05, 4.69) is 19.1 Å². The van der Waals surface area contributed by atoms with Crippen molar-refractivity contribution in [3.8, 4) is 0 Å². The van der Waals surface area contributed by atoms with Crippen molar-refractivity contribution in [2.75, 3.05) is 61.2 Å². The van der Waals surface area contributed by atoms with Crippen molar-refractivity contribution < 1.29 is 32.5 Å². The number of unbranched alkanes of at least 4 members (excludes halogenated alkanes) is 12. The lowest BCUT2D eigenvalue weighted by Crippen LogP contribution is -2.37. The van der Waals surface area contributed by atoms with Gasteiger partial charge in [-0.15, -0.1) is 0 Å². The van der Waals surface area contributed by atoms with E-state index in [1.165, 1.54) is 77.0 Å². The average molecular weight is 523 g/mol. The molecule has 0 saturated heterocycles. The minimum Gasteiger partial charge on any atom is -0.379 e. The van der Waals surface area contributed by atoms with Gasteiger partial charge in [0.15, 0.2) is 0 Å². The zero-order valence-corrected chi connectivity index (χ0v) is 24.4. The smallest absolute Gasteiger partial charge is 0.379 e. The lowest BCUT2D eigenvalue weighted by molar-refractivity contribution is -0.870. The summed E-state index contributed by atoms with van der Waals surface area (Å²) in [7, 11) is 3.43. The van der Waals surface area contributed by atoms with E-state index >= 15 is 0 Å². The molecule has 0 aliphatic rings. The van der Waals surface area contributed by atoms with Crippen LogP contribution in [0.1, 0.15) is 96.8 Å². The Morgan fingerprint density at radius 2 is 1.31 bits per heavy atom. The first-order chi connectivity index (χ1) is 16.7. The molecule has 0 bridgehead atoms. The summed E-state index contributed by atoms with van der Waals surface area (Å²) in [6.45, 7) is 3.99. The molecule has 0 fully saturated rings. The van der Waals surface area contributed by atoms with Gasteiger partial charge in [-0.1, -0.05) is 76.9 Å².